The highest BCUT2D eigenvalue weighted by Gasteiger charge is 2.13. The first-order valence-electron chi connectivity index (χ1n) is 6.92. The molecule has 0 aromatic carbocycles. The van der Waals surface area contributed by atoms with E-state index in [0.717, 1.165) is 25.7 Å². The maximum absolute atomic E-state index is 11.7. The Kier molecular flexibility index (Phi) is 6.33. The lowest BCUT2D eigenvalue weighted by Gasteiger charge is -2.08. The topological polar surface area (TPSA) is 56.5 Å². The normalized spacial score (nSPS) is 10.5. The van der Waals surface area contributed by atoms with Gasteiger partial charge in [-0.1, -0.05) is 33.1 Å². The number of esters is 1. The van der Waals surface area contributed by atoms with Crippen LogP contribution in [0.2, 0.25) is 0 Å². The number of carbonyl (C=O) groups excluding carboxylic acids is 1. The highest BCUT2D eigenvalue weighted by atomic mass is 16.5. The van der Waals surface area contributed by atoms with Gasteiger partial charge in [0.2, 0.25) is 0 Å². The fraction of sp³-hybridized carbons (Fsp3) is 0.600. The summed E-state index contributed by atoms with van der Waals surface area (Å²) in [5.74, 6) is 0.517. The van der Waals surface area contributed by atoms with Gasteiger partial charge < -0.3 is 9.15 Å². The minimum absolute atomic E-state index is 0.282. The van der Waals surface area contributed by atoms with Crippen LogP contribution in [-0.2, 0) is 11.2 Å². The van der Waals surface area contributed by atoms with Crippen LogP contribution in [0, 0.1) is 6.92 Å². The van der Waals surface area contributed by atoms with E-state index >= 15 is 0 Å². The average Bonchev–Trinajstić information content (AvgIpc) is 2.34. The van der Waals surface area contributed by atoms with Crippen molar-refractivity contribution in [1.29, 1.82) is 0 Å². The monoisotopic (exact) mass is 266 g/mol. The number of ether oxygens (including phenoxy) is 1. The molecule has 106 valence electrons. The summed E-state index contributed by atoms with van der Waals surface area (Å²) < 4.78 is 10.3. The molecule has 0 N–H and O–H groups in total. The predicted octanol–water partition coefficient (Wildman–Crippen LogP) is 3.39. The molecular formula is C15H22O4. The zero-order valence-corrected chi connectivity index (χ0v) is 12.0. The Morgan fingerprint density at radius 2 is 2.00 bits per heavy atom. The molecule has 0 saturated heterocycles. The van der Waals surface area contributed by atoms with Crippen LogP contribution < -0.4 is 10.4 Å². The number of carbonyl (C=O) groups is 1. The third-order valence-electron chi connectivity index (χ3n) is 2.94. The molecule has 0 aliphatic rings. The van der Waals surface area contributed by atoms with Crippen LogP contribution in [0.25, 0.3) is 0 Å². The first-order valence-corrected chi connectivity index (χ1v) is 6.92. The summed E-state index contributed by atoms with van der Waals surface area (Å²) in [6, 6.07) is 1.60. The van der Waals surface area contributed by atoms with E-state index in [1.54, 1.807) is 13.0 Å². The molecule has 1 aromatic heterocycles. The van der Waals surface area contributed by atoms with Crippen LogP contribution in [0.4, 0.5) is 0 Å². The molecule has 0 atom stereocenters. The third kappa shape index (κ3) is 4.89. The number of rotatable bonds is 7. The molecule has 4 heteroatoms. The minimum atomic E-state index is -0.420. The van der Waals surface area contributed by atoms with E-state index in [1.165, 1.54) is 0 Å². The lowest BCUT2D eigenvalue weighted by Crippen LogP contribution is -2.14. The van der Waals surface area contributed by atoms with Gasteiger partial charge in [0.25, 0.3) is 0 Å². The summed E-state index contributed by atoms with van der Waals surface area (Å²) in [6.07, 6.45) is 5.00. The second-order valence-electron chi connectivity index (χ2n) is 4.63. The van der Waals surface area contributed by atoms with Crippen molar-refractivity contribution in [2.75, 3.05) is 0 Å². The molecule has 4 nitrogen and oxygen atoms in total. The maximum atomic E-state index is 11.7. The number of unbranched alkanes of at least 4 members (excludes halogenated alkanes) is 3. The molecule has 1 aromatic rings. The molecule has 0 aliphatic carbocycles. The van der Waals surface area contributed by atoms with Crippen LogP contribution in [0.15, 0.2) is 15.3 Å². The molecule has 0 aliphatic heterocycles. The molecule has 1 heterocycles. The molecule has 0 spiro atoms. The Bertz CT molecular complexity index is 474. The van der Waals surface area contributed by atoms with E-state index in [4.69, 9.17) is 9.15 Å². The van der Waals surface area contributed by atoms with Crippen molar-refractivity contribution in [3.8, 4) is 5.75 Å². The van der Waals surface area contributed by atoms with E-state index in [-0.39, 0.29) is 5.97 Å². The smallest absolute Gasteiger partial charge is 0.342 e. The van der Waals surface area contributed by atoms with Gasteiger partial charge >= 0.3 is 11.6 Å². The van der Waals surface area contributed by atoms with Crippen molar-refractivity contribution >= 4 is 5.97 Å². The van der Waals surface area contributed by atoms with Crippen LogP contribution in [0.5, 0.6) is 5.75 Å². The van der Waals surface area contributed by atoms with Crippen LogP contribution in [-0.4, -0.2) is 5.97 Å². The molecule has 0 fully saturated rings. The summed E-state index contributed by atoms with van der Waals surface area (Å²) in [4.78, 5) is 23.3. The SMILES string of the molecule is CCCCCCC(=O)Oc1cc(C)oc(=O)c1CC. The number of hydrogen-bond donors (Lipinski definition) is 0. The minimum Gasteiger partial charge on any atom is -0.428 e. The van der Waals surface area contributed by atoms with E-state index in [0.29, 0.717) is 29.9 Å². The van der Waals surface area contributed by atoms with Crippen molar-refractivity contribution in [2.24, 2.45) is 0 Å². The molecule has 0 amide bonds. The fourth-order valence-corrected chi connectivity index (χ4v) is 1.89. The van der Waals surface area contributed by atoms with Gasteiger partial charge in [-0.15, -0.1) is 0 Å². The molecule has 0 saturated carbocycles. The lowest BCUT2D eigenvalue weighted by atomic mass is 10.1. The van der Waals surface area contributed by atoms with Crippen molar-refractivity contribution in [3.63, 3.8) is 0 Å². The van der Waals surface area contributed by atoms with Crippen molar-refractivity contribution in [2.45, 2.75) is 59.3 Å². The zero-order valence-electron chi connectivity index (χ0n) is 12.0. The van der Waals surface area contributed by atoms with Gasteiger partial charge in [0.15, 0.2) is 0 Å². The highest BCUT2D eigenvalue weighted by molar-refractivity contribution is 5.72. The van der Waals surface area contributed by atoms with Crippen molar-refractivity contribution in [1.82, 2.24) is 0 Å². The predicted molar refractivity (Wildman–Crippen MR) is 73.5 cm³/mol. The molecule has 0 bridgehead atoms. The molecule has 0 unspecified atom stereocenters. The standard InChI is InChI=1S/C15H22O4/c1-4-6-7-8-9-14(16)19-13-10-11(3)18-15(17)12(13)5-2/h10H,4-9H2,1-3H3. The summed E-state index contributed by atoms with van der Waals surface area (Å²) in [5.41, 5.74) is 0.00351. The molecular weight excluding hydrogens is 244 g/mol. The Balaban J connectivity index is 2.66. The second-order valence-corrected chi connectivity index (χ2v) is 4.63. The van der Waals surface area contributed by atoms with Crippen molar-refractivity contribution in [3.05, 3.63) is 27.8 Å². The van der Waals surface area contributed by atoms with Gasteiger partial charge in [-0.25, -0.2) is 4.79 Å². The summed E-state index contributed by atoms with van der Waals surface area (Å²) >= 11 is 0. The van der Waals surface area contributed by atoms with Crippen LogP contribution >= 0.6 is 0 Å². The molecule has 19 heavy (non-hydrogen) atoms. The van der Waals surface area contributed by atoms with Gasteiger partial charge in [-0.05, 0) is 19.8 Å². The Morgan fingerprint density at radius 3 is 2.63 bits per heavy atom. The van der Waals surface area contributed by atoms with Gasteiger partial charge in [-0.2, -0.15) is 0 Å². The summed E-state index contributed by atoms with van der Waals surface area (Å²) in [7, 11) is 0. The largest absolute Gasteiger partial charge is 0.428 e. The zero-order chi connectivity index (χ0) is 14.3. The second kappa shape index (κ2) is 7.77. The molecule has 0 radical (unpaired) electrons. The summed E-state index contributed by atoms with van der Waals surface area (Å²) in [6.45, 7) is 5.62. The fourth-order valence-electron chi connectivity index (χ4n) is 1.89. The van der Waals surface area contributed by atoms with E-state index in [1.807, 2.05) is 6.92 Å². The van der Waals surface area contributed by atoms with E-state index in [9.17, 15) is 9.59 Å². The van der Waals surface area contributed by atoms with Crippen molar-refractivity contribution < 1.29 is 13.9 Å². The number of hydrogen-bond acceptors (Lipinski definition) is 4. The summed E-state index contributed by atoms with van der Waals surface area (Å²) in [5, 5.41) is 0. The maximum Gasteiger partial charge on any atom is 0.342 e. The van der Waals surface area contributed by atoms with E-state index in [2.05, 4.69) is 6.92 Å². The highest BCUT2D eigenvalue weighted by Crippen LogP contribution is 2.18. The van der Waals surface area contributed by atoms with Gasteiger partial charge in [0.1, 0.15) is 11.5 Å². The van der Waals surface area contributed by atoms with Gasteiger partial charge in [-0.3, -0.25) is 4.79 Å². The first kappa shape index (κ1) is 15.5. The number of aryl methyl sites for hydroxylation is 1. The van der Waals surface area contributed by atoms with Crippen LogP contribution in [0.1, 0.15) is 57.3 Å². The Hall–Kier alpha value is -1.58. The average molecular weight is 266 g/mol. The first-order chi connectivity index (χ1) is 9.08. The van der Waals surface area contributed by atoms with E-state index < -0.39 is 5.63 Å². The Labute approximate surface area is 113 Å². The lowest BCUT2D eigenvalue weighted by molar-refractivity contribution is -0.134. The quantitative estimate of drug-likeness (QED) is 0.560. The van der Waals surface area contributed by atoms with Gasteiger partial charge in [0, 0.05) is 12.5 Å². The third-order valence-corrected chi connectivity index (χ3v) is 2.94. The van der Waals surface area contributed by atoms with Gasteiger partial charge in [0.05, 0.1) is 5.56 Å². The van der Waals surface area contributed by atoms with Crippen LogP contribution in [0.3, 0.4) is 0 Å². The molecule has 1 rings (SSSR count). The Morgan fingerprint density at radius 1 is 1.26 bits per heavy atom.